The molecule has 0 atom stereocenters. The van der Waals surface area contributed by atoms with Gasteiger partial charge in [0.2, 0.25) is 0 Å². The van der Waals surface area contributed by atoms with Crippen LogP contribution in [0.1, 0.15) is 36.7 Å². The Hall–Kier alpha value is -2.20. The molecule has 2 aromatic carbocycles. The minimum Gasteiger partial charge on any atom is -0.496 e. The van der Waals surface area contributed by atoms with E-state index in [4.69, 9.17) is 21.1 Å². The van der Waals surface area contributed by atoms with Gasteiger partial charge in [-0.3, -0.25) is 4.79 Å². The zero-order valence-electron chi connectivity index (χ0n) is 14.4. The fourth-order valence-corrected chi connectivity index (χ4v) is 2.35. The summed E-state index contributed by atoms with van der Waals surface area (Å²) in [4.78, 5) is 12.3. The van der Waals surface area contributed by atoms with Crippen molar-refractivity contribution in [1.82, 2.24) is 5.32 Å². The fraction of sp³-hybridized carbons (Fsp3) is 0.316. The van der Waals surface area contributed by atoms with Crippen LogP contribution in [0.3, 0.4) is 0 Å². The number of methoxy groups -OCH3 is 1. The van der Waals surface area contributed by atoms with E-state index in [0.717, 1.165) is 5.56 Å². The second-order valence-electron chi connectivity index (χ2n) is 6.45. The first-order chi connectivity index (χ1) is 11.3. The molecule has 0 aromatic heterocycles. The third-order valence-electron chi connectivity index (χ3n) is 3.25. The Morgan fingerprint density at radius 1 is 1.12 bits per heavy atom. The Kier molecular flexibility index (Phi) is 5.73. The molecule has 24 heavy (non-hydrogen) atoms. The third kappa shape index (κ3) is 4.90. The van der Waals surface area contributed by atoms with Crippen molar-refractivity contribution in [2.75, 3.05) is 7.11 Å². The van der Waals surface area contributed by atoms with Crippen LogP contribution in [0.25, 0.3) is 0 Å². The second-order valence-corrected chi connectivity index (χ2v) is 6.86. The molecular weight excluding hydrogens is 326 g/mol. The smallest absolute Gasteiger partial charge is 0.251 e. The van der Waals surface area contributed by atoms with Gasteiger partial charge >= 0.3 is 0 Å². The van der Waals surface area contributed by atoms with Gasteiger partial charge in [-0.2, -0.15) is 0 Å². The molecule has 5 heteroatoms. The summed E-state index contributed by atoms with van der Waals surface area (Å²) in [5.41, 5.74) is 1.04. The molecule has 0 saturated heterocycles. The van der Waals surface area contributed by atoms with Crippen LogP contribution in [0.15, 0.2) is 42.5 Å². The van der Waals surface area contributed by atoms with Crippen molar-refractivity contribution in [1.29, 1.82) is 0 Å². The summed E-state index contributed by atoms with van der Waals surface area (Å²) in [6, 6.07) is 12.5. The lowest BCUT2D eigenvalue weighted by Crippen LogP contribution is -2.40. The van der Waals surface area contributed by atoms with Crippen molar-refractivity contribution < 1.29 is 14.3 Å². The van der Waals surface area contributed by atoms with E-state index in [1.807, 2.05) is 32.9 Å². The standard InChI is InChI=1S/C19H22ClNO3/c1-19(2,3)21-18(22)13-9-10-16(23-4)14(11-13)12-24-17-8-6-5-7-15(17)20/h5-11H,12H2,1-4H3,(H,21,22). The molecule has 0 fully saturated rings. The van der Waals surface area contributed by atoms with E-state index in [2.05, 4.69) is 5.32 Å². The number of carbonyl (C=O) groups excluding carboxylic acids is 1. The van der Waals surface area contributed by atoms with Gasteiger partial charge in [-0.1, -0.05) is 23.7 Å². The number of halogens is 1. The predicted molar refractivity (Wildman–Crippen MR) is 96.0 cm³/mol. The minimum atomic E-state index is -0.300. The van der Waals surface area contributed by atoms with Crippen molar-refractivity contribution in [3.63, 3.8) is 0 Å². The van der Waals surface area contributed by atoms with E-state index in [9.17, 15) is 4.79 Å². The largest absolute Gasteiger partial charge is 0.496 e. The first kappa shape index (κ1) is 18.1. The molecule has 0 bridgehead atoms. The van der Waals surface area contributed by atoms with Crippen LogP contribution in [0.5, 0.6) is 11.5 Å². The molecule has 0 spiro atoms. The monoisotopic (exact) mass is 347 g/mol. The van der Waals surface area contributed by atoms with Crippen LogP contribution in [-0.2, 0) is 6.61 Å². The van der Waals surface area contributed by atoms with Crippen LogP contribution in [-0.4, -0.2) is 18.6 Å². The maximum atomic E-state index is 12.3. The normalized spacial score (nSPS) is 11.0. The Morgan fingerprint density at radius 3 is 2.46 bits per heavy atom. The van der Waals surface area contributed by atoms with Crippen LogP contribution >= 0.6 is 11.6 Å². The summed E-state index contributed by atoms with van der Waals surface area (Å²) in [6.07, 6.45) is 0. The Bertz CT molecular complexity index is 723. The number of hydrogen-bond acceptors (Lipinski definition) is 3. The summed E-state index contributed by atoms with van der Waals surface area (Å²) < 4.78 is 11.1. The molecule has 0 heterocycles. The van der Waals surface area contributed by atoms with Crippen molar-refractivity contribution in [2.24, 2.45) is 0 Å². The molecule has 0 aliphatic carbocycles. The van der Waals surface area contributed by atoms with Gasteiger partial charge in [0.05, 0.1) is 12.1 Å². The molecular formula is C19H22ClNO3. The molecule has 128 valence electrons. The van der Waals surface area contributed by atoms with Crippen LogP contribution < -0.4 is 14.8 Å². The first-order valence-corrected chi connectivity index (χ1v) is 8.05. The minimum absolute atomic E-state index is 0.135. The molecule has 0 aliphatic heterocycles. The van der Waals surface area contributed by atoms with Gasteiger partial charge in [-0.15, -0.1) is 0 Å². The lowest BCUT2D eigenvalue weighted by atomic mass is 10.1. The maximum Gasteiger partial charge on any atom is 0.251 e. The number of ether oxygens (including phenoxy) is 2. The lowest BCUT2D eigenvalue weighted by Gasteiger charge is -2.21. The Balaban J connectivity index is 2.20. The quantitative estimate of drug-likeness (QED) is 0.868. The molecule has 2 rings (SSSR count). The van der Waals surface area contributed by atoms with Crippen LogP contribution in [0.4, 0.5) is 0 Å². The highest BCUT2D eigenvalue weighted by molar-refractivity contribution is 6.32. The SMILES string of the molecule is COc1ccc(C(=O)NC(C)(C)C)cc1COc1ccccc1Cl. The van der Waals surface area contributed by atoms with Gasteiger partial charge in [0.1, 0.15) is 18.1 Å². The molecule has 2 aromatic rings. The maximum absolute atomic E-state index is 12.3. The van der Waals surface area contributed by atoms with Gasteiger partial charge in [0, 0.05) is 16.7 Å². The van der Waals surface area contributed by atoms with E-state index < -0.39 is 0 Å². The number of para-hydroxylation sites is 1. The number of rotatable bonds is 5. The number of amides is 1. The number of hydrogen-bond donors (Lipinski definition) is 1. The highest BCUT2D eigenvalue weighted by Crippen LogP contribution is 2.27. The Morgan fingerprint density at radius 2 is 1.83 bits per heavy atom. The topological polar surface area (TPSA) is 47.6 Å². The molecule has 0 saturated carbocycles. The molecule has 0 unspecified atom stereocenters. The van der Waals surface area contributed by atoms with E-state index in [1.54, 1.807) is 37.4 Å². The second kappa shape index (κ2) is 7.58. The van der Waals surface area contributed by atoms with Gasteiger partial charge in [-0.05, 0) is 51.1 Å². The summed E-state index contributed by atoms with van der Waals surface area (Å²) in [7, 11) is 1.59. The lowest BCUT2D eigenvalue weighted by molar-refractivity contribution is 0.0919. The molecule has 1 amide bonds. The van der Waals surface area contributed by atoms with Gasteiger partial charge in [0.15, 0.2) is 0 Å². The van der Waals surface area contributed by atoms with Crippen LogP contribution in [0.2, 0.25) is 5.02 Å². The van der Waals surface area contributed by atoms with E-state index in [0.29, 0.717) is 22.1 Å². The van der Waals surface area contributed by atoms with Gasteiger partial charge in [0.25, 0.3) is 5.91 Å². The fourth-order valence-electron chi connectivity index (χ4n) is 2.16. The molecule has 1 N–H and O–H groups in total. The third-order valence-corrected chi connectivity index (χ3v) is 3.56. The Labute approximate surface area is 147 Å². The van der Waals surface area contributed by atoms with Crippen molar-refractivity contribution in [3.8, 4) is 11.5 Å². The average Bonchev–Trinajstić information content (AvgIpc) is 2.52. The van der Waals surface area contributed by atoms with Gasteiger partial charge in [-0.25, -0.2) is 0 Å². The molecule has 0 radical (unpaired) electrons. The van der Waals surface area contributed by atoms with Crippen molar-refractivity contribution in [2.45, 2.75) is 32.9 Å². The number of carbonyl (C=O) groups is 1. The summed E-state index contributed by atoms with van der Waals surface area (Å²) in [5.74, 6) is 1.12. The average molecular weight is 348 g/mol. The number of benzene rings is 2. The summed E-state index contributed by atoms with van der Waals surface area (Å²) >= 11 is 6.10. The van der Waals surface area contributed by atoms with E-state index in [1.165, 1.54) is 0 Å². The van der Waals surface area contributed by atoms with Crippen LogP contribution in [0, 0.1) is 0 Å². The molecule has 0 aliphatic rings. The van der Waals surface area contributed by atoms with Gasteiger partial charge < -0.3 is 14.8 Å². The predicted octanol–water partition coefficient (Wildman–Crippen LogP) is 4.46. The summed E-state index contributed by atoms with van der Waals surface area (Å²) in [6.45, 7) is 6.07. The zero-order chi connectivity index (χ0) is 17.7. The van der Waals surface area contributed by atoms with E-state index >= 15 is 0 Å². The summed E-state index contributed by atoms with van der Waals surface area (Å²) in [5, 5.41) is 3.48. The molecule has 4 nitrogen and oxygen atoms in total. The first-order valence-electron chi connectivity index (χ1n) is 7.67. The highest BCUT2D eigenvalue weighted by Gasteiger charge is 2.17. The number of nitrogens with one attached hydrogen (secondary N) is 1. The van der Waals surface area contributed by atoms with Crippen molar-refractivity contribution >= 4 is 17.5 Å². The van der Waals surface area contributed by atoms with E-state index in [-0.39, 0.29) is 18.1 Å². The zero-order valence-corrected chi connectivity index (χ0v) is 15.1. The van der Waals surface area contributed by atoms with Crippen molar-refractivity contribution in [3.05, 3.63) is 58.6 Å². The highest BCUT2D eigenvalue weighted by atomic mass is 35.5.